The van der Waals surface area contributed by atoms with Crippen LogP contribution in [0.4, 0.5) is 5.69 Å². The number of nitrogens with one attached hydrogen (secondary N) is 1. The first-order valence-corrected chi connectivity index (χ1v) is 10.9. The first kappa shape index (κ1) is 19.0. The molecule has 0 spiro atoms. The Hall–Kier alpha value is -3.72. The highest BCUT2D eigenvalue weighted by Gasteiger charge is 2.55. The number of amides is 1. The molecule has 0 saturated heterocycles. The molecule has 3 atom stereocenters. The quantitative estimate of drug-likeness (QED) is 0.565. The largest absolute Gasteiger partial charge is 0.469 e. The van der Waals surface area contributed by atoms with Crippen molar-refractivity contribution in [3.63, 3.8) is 0 Å². The molecule has 6 rings (SSSR count). The van der Waals surface area contributed by atoms with Crippen LogP contribution in [-0.2, 0) is 14.3 Å². The first-order chi connectivity index (χ1) is 15.4. The number of ether oxygens (including phenoxy) is 2. The zero-order valence-corrected chi connectivity index (χ0v) is 17.9. The van der Waals surface area contributed by atoms with E-state index < -0.39 is 23.7 Å². The number of hydrogen-bond acceptors (Lipinski definition) is 7. The van der Waals surface area contributed by atoms with E-state index in [2.05, 4.69) is 5.32 Å². The molecule has 32 heavy (non-hydrogen) atoms. The number of fused-ring (bicyclic) bond motifs is 7. The lowest BCUT2D eigenvalue weighted by Crippen LogP contribution is -2.58. The van der Waals surface area contributed by atoms with Gasteiger partial charge in [0.1, 0.15) is 16.2 Å². The lowest BCUT2D eigenvalue weighted by atomic mass is 9.81. The second kappa shape index (κ2) is 6.39. The minimum atomic E-state index is -1.25. The van der Waals surface area contributed by atoms with Crippen molar-refractivity contribution in [2.45, 2.75) is 18.7 Å². The van der Waals surface area contributed by atoms with Gasteiger partial charge in [0.2, 0.25) is 5.72 Å². The van der Waals surface area contributed by atoms with E-state index in [1.165, 1.54) is 11.7 Å². The molecule has 1 amide bonds. The molecule has 3 aromatic rings. The number of rotatable bonds is 1. The number of nitrogens with zero attached hydrogens (tertiary/aromatic N) is 2. The van der Waals surface area contributed by atoms with Crippen LogP contribution in [-0.4, -0.2) is 29.3 Å². The molecule has 2 bridgehead atoms. The number of carbonyl (C=O) groups excluding carboxylic acids is 2. The smallest absolute Gasteiger partial charge is 0.317 e. The summed E-state index contributed by atoms with van der Waals surface area (Å²) in [6, 6.07) is 13.9. The summed E-state index contributed by atoms with van der Waals surface area (Å²) in [6.07, 6.45) is 0. The zero-order valence-electron chi connectivity index (χ0n) is 17.1. The van der Waals surface area contributed by atoms with Crippen molar-refractivity contribution in [3.8, 4) is 5.75 Å². The zero-order chi connectivity index (χ0) is 22.2. The average molecular weight is 447 g/mol. The minimum Gasteiger partial charge on any atom is -0.469 e. The summed E-state index contributed by atoms with van der Waals surface area (Å²) in [4.78, 5) is 44.5. The van der Waals surface area contributed by atoms with Gasteiger partial charge in [-0.25, -0.2) is 4.99 Å². The van der Waals surface area contributed by atoms with Crippen LogP contribution in [0.5, 0.6) is 5.75 Å². The molecule has 3 aliphatic heterocycles. The molecule has 4 heterocycles. The Morgan fingerprint density at radius 3 is 2.75 bits per heavy atom. The first-order valence-electron chi connectivity index (χ1n) is 10.0. The maximum Gasteiger partial charge on any atom is 0.317 e. The van der Waals surface area contributed by atoms with Gasteiger partial charge in [-0.1, -0.05) is 47.7 Å². The average Bonchev–Trinajstić information content (AvgIpc) is 3.27. The van der Waals surface area contributed by atoms with Gasteiger partial charge in [0, 0.05) is 16.8 Å². The van der Waals surface area contributed by atoms with Crippen molar-refractivity contribution in [1.29, 1.82) is 0 Å². The summed E-state index contributed by atoms with van der Waals surface area (Å²) in [5.41, 5.74) is 0.728. The Bertz CT molecular complexity index is 1520. The van der Waals surface area contributed by atoms with Gasteiger partial charge in [-0.15, -0.1) is 0 Å². The Balaban J connectivity index is 1.71. The maximum atomic E-state index is 13.7. The molecular formula is C23H17N3O5S. The Labute approximate surface area is 185 Å². The van der Waals surface area contributed by atoms with Crippen LogP contribution in [0.15, 0.2) is 58.3 Å². The fraction of sp³-hybridized carbons (Fsp3) is 0.217. The summed E-state index contributed by atoms with van der Waals surface area (Å²) < 4.78 is 13.0. The van der Waals surface area contributed by atoms with Crippen LogP contribution in [0, 0.1) is 5.92 Å². The van der Waals surface area contributed by atoms with Gasteiger partial charge in [0.15, 0.2) is 4.80 Å². The second-order valence-corrected chi connectivity index (χ2v) is 8.99. The molecule has 3 aliphatic rings. The van der Waals surface area contributed by atoms with Crippen LogP contribution in [0.1, 0.15) is 24.1 Å². The summed E-state index contributed by atoms with van der Waals surface area (Å²) >= 11 is 1.13. The number of methoxy groups -OCH3 is 1. The summed E-state index contributed by atoms with van der Waals surface area (Å²) in [5.74, 6) is -1.15. The van der Waals surface area contributed by atoms with Crippen LogP contribution in [0.3, 0.4) is 0 Å². The Kier molecular flexibility index (Phi) is 3.80. The van der Waals surface area contributed by atoms with Gasteiger partial charge in [-0.05, 0) is 19.1 Å². The van der Waals surface area contributed by atoms with Gasteiger partial charge in [0.05, 0.1) is 18.7 Å². The third-order valence-electron chi connectivity index (χ3n) is 6.21. The molecule has 8 nitrogen and oxygen atoms in total. The summed E-state index contributed by atoms with van der Waals surface area (Å²) in [5, 5.41) is 2.81. The summed E-state index contributed by atoms with van der Waals surface area (Å²) in [7, 11) is 1.31. The van der Waals surface area contributed by atoms with Crippen molar-refractivity contribution in [2.24, 2.45) is 10.9 Å². The SMILES string of the molecule is COC(=O)C1C2c3ccccc3OC1(C)N=c1sc(=C3C(=O)Nc4ccccc43)c(=O)n12. The number of esters is 1. The number of anilines is 1. The second-order valence-electron chi connectivity index (χ2n) is 8.02. The number of hydrogen-bond donors (Lipinski definition) is 1. The number of thiazole rings is 1. The summed E-state index contributed by atoms with van der Waals surface area (Å²) in [6.45, 7) is 1.72. The molecule has 0 aliphatic carbocycles. The molecule has 3 unspecified atom stereocenters. The molecule has 9 heteroatoms. The van der Waals surface area contributed by atoms with Crippen LogP contribution in [0.25, 0.3) is 5.57 Å². The third kappa shape index (κ3) is 2.36. The molecule has 0 saturated carbocycles. The molecule has 0 fully saturated rings. The number of benzene rings is 2. The highest BCUT2D eigenvalue weighted by Crippen LogP contribution is 2.47. The van der Waals surface area contributed by atoms with E-state index in [4.69, 9.17) is 14.5 Å². The van der Waals surface area contributed by atoms with E-state index >= 15 is 0 Å². The highest BCUT2D eigenvalue weighted by molar-refractivity contribution is 7.07. The maximum absolute atomic E-state index is 13.7. The number of aromatic nitrogens is 1. The van der Waals surface area contributed by atoms with E-state index in [1.54, 1.807) is 25.1 Å². The van der Waals surface area contributed by atoms with Crippen LogP contribution >= 0.6 is 11.3 Å². The van der Waals surface area contributed by atoms with Crippen molar-refractivity contribution >= 4 is 34.5 Å². The van der Waals surface area contributed by atoms with Gasteiger partial charge in [0.25, 0.3) is 11.5 Å². The lowest BCUT2D eigenvalue weighted by Gasteiger charge is -2.44. The number of carbonyl (C=O) groups is 2. The van der Waals surface area contributed by atoms with E-state index in [1.807, 2.05) is 30.3 Å². The predicted molar refractivity (Wildman–Crippen MR) is 116 cm³/mol. The third-order valence-corrected chi connectivity index (χ3v) is 7.26. The Morgan fingerprint density at radius 1 is 1.19 bits per heavy atom. The molecular weight excluding hydrogens is 430 g/mol. The molecule has 1 aromatic heterocycles. The van der Waals surface area contributed by atoms with E-state index in [0.717, 1.165) is 11.3 Å². The molecule has 2 aromatic carbocycles. The molecule has 1 N–H and O–H groups in total. The van der Waals surface area contributed by atoms with Crippen molar-refractivity contribution < 1.29 is 19.1 Å². The van der Waals surface area contributed by atoms with Gasteiger partial charge < -0.3 is 14.8 Å². The minimum absolute atomic E-state index is 0.281. The lowest BCUT2D eigenvalue weighted by molar-refractivity contribution is -0.158. The standard InChI is InChI=1S/C23H17N3O5S/c1-23-16(21(29)30-2)17(12-8-4-6-10-14(12)31-23)26-20(28)18(32-22(26)25-23)15-11-7-3-5-9-13(11)24-19(15)27/h3-10,16-17H,1-2H3,(H,24,27). The van der Waals surface area contributed by atoms with Gasteiger partial charge >= 0.3 is 5.97 Å². The fourth-order valence-corrected chi connectivity index (χ4v) is 6.02. The monoisotopic (exact) mass is 447 g/mol. The number of para-hydroxylation sites is 2. The van der Waals surface area contributed by atoms with Crippen molar-refractivity contribution in [2.75, 3.05) is 12.4 Å². The molecule has 0 radical (unpaired) electrons. The highest BCUT2D eigenvalue weighted by atomic mass is 32.1. The van der Waals surface area contributed by atoms with Crippen molar-refractivity contribution in [3.05, 3.63) is 79.3 Å². The molecule has 160 valence electrons. The van der Waals surface area contributed by atoms with Crippen LogP contribution in [0.2, 0.25) is 0 Å². The van der Waals surface area contributed by atoms with Gasteiger partial charge in [-0.3, -0.25) is 19.0 Å². The predicted octanol–water partition coefficient (Wildman–Crippen LogP) is 1.18. The van der Waals surface area contributed by atoms with E-state index in [-0.39, 0.29) is 16.0 Å². The fourth-order valence-electron chi connectivity index (χ4n) is 4.82. The van der Waals surface area contributed by atoms with Gasteiger partial charge in [-0.2, -0.15) is 0 Å². The van der Waals surface area contributed by atoms with Crippen molar-refractivity contribution in [1.82, 2.24) is 4.57 Å². The topological polar surface area (TPSA) is 99.0 Å². The normalized spacial score (nSPS) is 26.1. The van der Waals surface area contributed by atoms with Crippen LogP contribution < -0.4 is 24.9 Å². The Morgan fingerprint density at radius 2 is 1.94 bits per heavy atom. The van der Waals surface area contributed by atoms with E-state index in [9.17, 15) is 14.4 Å². The van der Waals surface area contributed by atoms with E-state index in [0.29, 0.717) is 32.9 Å².